The minimum absolute atomic E-state index is 0.504. The molecule has 0 aliphatic heterocycles. The van der Waals surface area contributed by atoms with E-state index < -0.39 is 0 Å². The molecule has 2 rings (SSSR count). The Bertz CT molecular complexity index is 537. The number of aryl methyl sites for hydroxylation is 1. The van der Waals surface area contributed by atoms with Crippen LogP contribution >= 0.6 is 0 Å². The van der Waals surface area contributed by atoms with Crippen LogP contribution in [0.5, 0.6) is 0 Å². The standard InChI is InChI=1S/C16H24N2/c1-11(2)18-15(9-13(4)17-5)10-14-8-12(3)6-7-16(14)18/h6-8,10-11,13,17H,9H2,1-5H3. The molecule has 0 spiro atoms. The van der Waals surface area contributed by atoms with Crippen LogP contribution in [-0.2, 0) is 6.42 Å². The Labute approximate surface area is 110 Å². The van der Waals surface area contributed by atoms with E-state index >= 15 is 0 Å². The van der Waals surface area contributed by atoms with Crippen LogP contribution in [0.2, 0.25) is 0 Å². The molecule has 0 saturated carbocycles. The zero-order valence-corrected chi connectivity index (χ0v) is 12.1. The fraction of sp³-hybridized carbons (Fsp3) is 0.500. The van der Waals surface area contributed by atoms with Gasteiger partial charge in [0, 0.05) is 35.1 Å². The maximum atomic E-state index is 3.32. The van der Waals surface area contributed by atoms with Crippen molar-refractivity contribution in [3.8, 4) is 0 Å². The monoisotopic (exact) mass is 244 g/mol. The lowest BCUT2D eigenvalue weighted by molar-refractivity contribution is 0.545. The second kappa shape index (κ2) is 5.15. The SMILES string of the molecule is CNC(C)Cc1cc2cc(C)ccc2n1C(C)C. The lowest BCUT2D eigenvalue weighted by Crippen LogP contribution is -2.25. The second-order valence-electron chi connectivity index (χ2n) is 5.56. The van der Waals surface area contributed by atoms with Crippen molar-refractivity contribution in [1.29, 1.82) is 0 Å². The first kappa shape index (κ1) is 13.2. The summed E-state index contributed by atoms with van der Waals surface area (Å²) >= 11 is 0. The zero-order valence-electron chi connectivity index (χ0n) is 12.1. The number of rotatable bonds is 4. The number of aromatic nitrogens is 1. The molecule has 0 radical (unpaired) electrons. The summed E-state index contributed by atoms with van der Waals surface area (Å²) in [5.41, 5.74) is 4.11. The lowest BCUT2D eigenvalue weighted by Gasteiger charge is -2.17. The normalized spacial score (nSPS) is 13.4. The summed E-state index contributed by atoms with van der Waals surface area (Å²) in [6.07, 6.45) is 1.07. The Balaban J connectivity index is 2.54. The number of benzene rings is 1. The molecule has 0 bridgehead atoms. The lowest BCUT2D eigenvalue weighted by atomic mass is 10.1. The quantitative estimate of drug-likeness (QED) is 0.868. The second-order valence-corrected chi connectivity index (χ2v) is 5.56. The number of hydrogen-bond donors (Lipinski definition) is 1. The van der Waals surface area contributed by atoms with Crippen molar-refractivity contribution in [1.82, 2.24) is 9.88 Å². The predicted molar refractivity (Wildman–Crippen MR) is 79.3 cm³/mol. The Morgan fingerprint density at radius 3 is 2.50 bits per heavy atom. The van der Waals surface area contributed by atoms with E-state index in [9.17, 15) is 0 Å². The zero-order chi connectivity index (χ0) is 13.3. The minimum Gasteiger partial charge on any atom is -0.342 e. The van der Waals surface area contributed by atoms with Crippen molar-refractivity contribution in [2.75, 3.05) is 7.05 Å². The summed E-state index contributed by atoms with van der Waals surface area (Å²) in [5.74, 6) is 0. The Morgan fingerprint density at radius 1 is 1.17 bits per heavy atom. The van der Waals surface area contributed by atoms with Crippen LogP contribution in [-0.4, -0.2) is 17.7 Å². The largest absolute Gasteiger partial charge is 0.342 e. The van der Waals surface area contributed by atoms with Gasteiger partial charge < -0.3 is 9.88 Å². The van der Waals surface area contributed by atoms with Gasteiger partial charge in [0.2, 0.25) is 0 Å². The molecule has 2 aromatic rings. The highest BCUT2D eigenvalue weighted by Gasteiger charge is 2.13. The number of likely N-dealkylation sites (N-methyl/N-ethyl adjacent to an activating group) is 1. The van der Waals surface area contributed by atoms with Gasteiger partial charge in [0.25, 0.3) is 0 Å². The minimum atomic E-state index is 0.504. The van der Waals surface area contributed by atoms with Gasteiger partial charge in [-0.1, -0.05) is 11.6 Å². The fourth-order valence-electron chi connectivity index (χ4n) is 2.60. The van der Waals surface area contributed by atoms with Crippen molar-refractivity contribution in [3.05, 3.63) is 35.5 Å². The molecule has 1 aromatic heterocycles. The maximum absolute atomic E-state index is 3.32. The molecule has 18 heavy (non-hydrogen) atoms. The third-order valence-electron chi connectivity index (χ3n) is 3.60. The van der Waals surface area contributed by atoms with Crippen LogP contribution in [0, 0.1) is 6.92 Å². The van der Waals surface area contributed by atoms with Crippen molar-refractivity contribution in [2.24, 2.45) is 0 Å². The van der Waals surface area contributed by atoms with E-state index in [1.165, 1.54) is 22.2 Å². The van der Waals surface area contributed by atoms with Crippen molar-refractivity contribution in [2.45, 2.75) is 46.2 Å². The molecule has 1 N–H and O–H groups in total. The predicted octanol–water partition coefficient (Wildman–Crippen LogP) is 3.68. The van der Waals surface area contributed by atoms with Crippen LogP contribution in [0.3, 0.4) is 0 Å². The van der Waals surface area contributed by atoms with Gasteiger partial charge in [0.15, 0.2) is 0 Å². The van der Waals surface area contributed by atoms with Crippen molar-refractivity contribution >= 4 is 10.9 Å². The number of nitrogens with one attached hydrogen (secondary N) is 1. The highest BCUT2D eigenvalue weighted by molar-refractivity contribution is 5.82. The Kier molecular flexibility index (Phi) is 3.76. The topological polar surface area (TPSA) is 17.0 Å². The summed E-state index contributed by atoms with van der Waals surface area (Å²) < 4.78 is 2.46. The first-order chi connectivity index (χ1) is 8.52. The molecule has 2 nitrogen and oxygen atoms in total. The van der Waals surface area contributed by atoms with Crippen LogP contribution in [0.15, 0.2) is 24.3 Å². The van der Waals surface area contributed by atoms with Crippen molar-refractivity contribution < 1.29 is 0 Å². The Hall–Kier alpha value is -1.28. The van der Waals surface area contributed by atoms with Gasteiger partial charge in [-0.2, -0.15) is 0 Å². The fourth-order valence-corrected chi connectivity index (χ4v) is 2.60. The molecular weight excluding hydrogens is 220 g/mol. The third-order valence-corrected chi connectivity index (χ3v) is 3.60. The maximum Gasteiger partial charge on any atom is 0.0485 e. The molecule has 2 heteroatoms. The smallest absolute Gasteiger partial charge is 0.0485 e. The van der Waals surface area contributed by atoms with Gasteiger partial charge in [-0.3, -0.25) is 0 Å². The molecule has 1 unspecified atom stereocenters. The summed E-state index contributed by atoms with van der Waals surface area (Å²) in [4.78, 5) is 0. The van der Waals surface area contributed by atoms with E-state index in [0.29, 0.717) is 12.1 Å². The van der Waals surface area contributed by atoms with E-state index in [0.717, 1.165) is 6.42 Å². The molecule has 1 atom stereocenters. The molecule has 0 aliphatic carbocycles. The molecular formula is C16H24N2. The highest BCUT2D eigenvalue weighted by Crippen LogP contribution is 2.25. The van der Waals surface area contributed by atoms with Gasteiger partial charge in [-0.15, -0.1) is 0 Å². The van der Waals surface area contributed by atoms with E-state index in [-0.39, 0.29) is 0 Å². The average molecular weight is 244 g/mol. The third kappa shape index (κ3) is 2.44. The molecule has 1 aromatic carbocycles. The van der Waals surface area contributed by atoms with Crippen molar-refractivity contribution in [3.63, 3.8) is 0 Å². The van der Waals surface area contributed by atoms with Crippen LogP contribution in [0.4, 0.5) is 0 Å². The highest BCUT2D eigenvalue weighted by atomic mass is 15.0. The average Bonchev–Trinajstić information content (AvgIpc) is 2.65. The molecule has 98 valence electrons. The van der Waals surface area contributed by atoms with E-state index in [1.807, 2.05) is 7.05 Å². The summed E-state index contributed by atoms with van der Waals surface area (Å²) in [6.45, 7) is 8.90. The van der Waals surface area contributed by atoms with Crippen LogP contribution in [0.1, 0.15) is 38.1 Å². The van der Waals surface area contributed by atoms with Crippen LogP contribution < -0.4 is 5.32 Å². The molecule has 0 aliphatic rings. The molecule has 0 saturated heterocycles. The summed E-state index contributed by atoms with van der Waals surface area (Å²) in [7, 11) is 2.02. The molecule has 1 heterocycles. The summed E-state index contributed by atoms with van der Waals surface area (Å²) in [5, 5.41) is 4.68. The van der Waals surface area contributed by atoms with Gasteiger partial charge in [-0.05, 0) is 52.9 Å². The molecule has 0 fully saturated rings. The van der Waals surface area contributed by atoms with Gasteiger partial charge in [0.05, 0.1) is 0 Å². The van der Waals surface area contributed by atoms with E-state index in [2.05, 4.69) is 61.8 Å². The first-order valence-corrected chi connectivity index (χ1v) is 6.80. The number of nitrogens with zero attached hydrogens (tertiary/aromatic N) is 1. The first-order valence-electron chi connectivity index (χ1n) is 6.80. The number of fused-ring (bicyclic) bond motifs is 1. The van der Waals surface area contributed by atoms with Gasteiger partial charge in [0.1, 0.15) is 0 Å². The van der Waals surface area contributed by atoms with E-state index in [1.54, 1.807) is 0 Å². The van der Waals surface area contributed by atoms with Gasteiger partial charge >= 0.3 is 0 Å². The van der Waals surface area contributed by atoms with Crippen LogP contribution in [0.25, 0.3) is 10.9 Å². The Morgan fingerprint density at radius 2 is 1.89 bits per heavy atom. The summed E-state index contributed by atoms with van der Waals surface area (Å²) in [6, 6.07) is 10.1. The van der Waals surface area contributed by atoms with Gasteiger partial charge in [-0.25, -0.2) is 0 Å². The number of hydrogen-bond acceptors (Lipinski definition) is 1. The molecule has 0 amide bonds. The van der Waals surface area contributed by atoms with E-state index in [4.69, 9.17) is 0 Å².